The van der Waals surface area contributed by atoms with Gasteiger partial charge in [-0.25, -0.2) is 8.42 Å². The van der Waals surface area contributed by atoms with Gasteiger partial charge in [0, 0.05) is 5.69 Å². The highest BCUT2D eigenvalue weighted by atomic mass is 32.2. The maximum atomic E-state index is 12.9. The molecule has 0 aliphatic heterocycles. The molecular formula is C15H15N7O2S. The van der Waals surface area contributed by atoms with E-state index in [2.05, 4.69) is 20.3 Å². The second kappa shape index (κ2) is 6.24. The van der Waals surface area contributed by atoms with Crippen LogP contribution >= 0.6 is 0 Å². The molecule has 0 aliphatic carbocycles. The molecule has 0 bridgehead atoms. The summed E-state index contributed by atoms with van der Waals surface area (Å²) in [5.74, 6) is -0.104. The van der Waals surface area contributed by atoms with Gasteiger partial charge >= 0.3 is 0 Å². The zero-order valence-electron chi connectivity index (χ0n) is 12.9. The van der Waals surface area contributed by atoms with Crippen molar-refractivity contribution >= 4 is 39.1 Å². The number of hydrogen-bond acceptors (Lipinski definition) is 9. The maximum absolute atomic E-state index is 12.9. The number of hydrogen-bond donors (Lipinski definition) is 4. The van der Waals surface area contributed by atoms with Gasteiger partial charge in [-0.1, -0.05) is 12.1 Å². The van der Waals surface area contributed by atoms with E-state index in [4.69, 9.17) is 17.2 Å². The number of benzene rings is 2. The summed E-state index contributed by atoms with van der Waals surface area (Å²) in [4.78, 5) is 11.6. The van der Waals surface area contributed by atoms with Crippen LogP contribution in [-0.2, 0) is 9.84 Å². The summed E-state index contributed by atoms with van der Waals surface area (Å²) in [6.45, 7) is 0. The number of anilines is 5. The smallest absolute Gasteiger partial charge is 0.233 e. The lowest BCUT2D eigenvalue weighted by atomic mass is 10.3. The monoisotopic (exact) mass is 357 g/mol. The molecule has 7 N–H and O–H groups in total. The van der Waals surface area contributed by atoms with Gasteiger partial charge in [0.05, 0.1) is 15.5 Å². The third kappa shape index (κ3) is 3.43. The molecule has 0 saturated heterocycles. The average Bonchev–Trinajstić information content (AvgIpc) is 2.54. The van der Waals surface area contributed by atoms with Crippen LogP contribution in [0, 0.1) is 0 Å². The van der Waals surface area contributed by atoms with Crippen LogP contribution in [0.2, 0.25) is 0 Å². The molecule has 10 heteroatoms. The Bertz CT molecular complexity index is 1000. The van der Waals surface area contributed by atoms with Gasteiger partial charge < -0.3 is 22.5 Å². The fraction of sp³-hybridized carbons (Fsp3) is 0. The Kier molecular flexibility index (Phi) is 4.11. The number of sulfone groups is 1. The number of nitrogens with one attached hydrogen (secondary N) is 1. The molecule has 0 atom stereocenters. The zero-order valence-corrected chi connectivity index (χ0v) is 13.7. The van der Waals surface area contributed by atoms with E-state index in [9.17, 15) is 8.42 Å². The minimum absolute atomic E-state index is 0.0463. The molecule has 0 saturated carbocycles. The van der Waals surface area contributed by atoms with Gasteiger partial charge in [0.15, 0.2) is 0 Å². The quantitative estimate of drug-likeness (QED) is 0.502. The molecule has 2 aromatic carbocycles. The van der Waals surface area contributed by atoms with E-state index in [1.165, 1.54) is 30.3 Å². The van der Waals surface area contributed by atoms with Crippen molar-refractivity contribution in [2.75, 3.05) is 22.5 Å². The molecule has 9 nitrogen and oxygen atoms in total. The Morgan fingerprint density at radius 3 is 2.04 bits per heavy atom. The molecule has 0 radical (unpaired) electrons. The van der Waals surface area contributed by atoms with E-state index in [1.54, 1.807) is 18.2 Å². The standard InChI is InChI=1S/C15H15N7O2S/c16-9-5-7-10(8-6-9)25(23,24)12-4-2-1-3-11(12)19-15-21-13(17)20-14(18)22-15/h1-8H,16H2,(H5,17,18,19,20,21,22). The number of aromatic nitrogens is 3. The van der Waals surface area contributed by atoms with Crippen LogP contribution in [-0.4, -0.2) is 23.4 Å². The summed E-state index contributed by atoms with van der Waals surface area (Å²) in [5, 5.41) is 2.82. The molecule has 25 heavy (non-hydrogen) atoms. The Labute approximate surface area is 143 Å². The van der Waals surface area contributed by atoms with Crippen LogP contribution in [0.5, 0.6) is 0 Å². The molecule has 0 unspecified atom stereocenters. The van der Waals surface area contributed by atoms with Gasteiger partial charge in [0.1, 0.15) is 0 Å². The van der Waals surface area contributed by atoms with Crippen LogP contribution in [0.4, 0.5) is 29.2 Å². The SMILES string of the molecule is Nc1ccc(S(=O)(=O)c2ccccc2Nc2nc(N)nc(N)n2)cc1. The van der Waals surface area contributed by atoms with E-state index in [-0.39, 0.29) is 33.3 Å². The highest BCUT2D eigenvalue weighted by Gasteiger charge is 2.21. The van der Waals surface area contributed by atoms with E-state index < -0.39 is 9.84 Å². The summed E-state index contributed by atoms with van der Waals surface area (Å²) < 4.78 is 25.8. The second-order valence-corrected chi connectivity index (χ2v) is 6.99. The van der Waals surface area contributed by atoms with Crippen molar-refractivity contribution in [3.05, 3.63) is 48.5 Å². The maximum Gasteiger partial charge on any atom is 0.233 e. The lowest BCUT2D eigenvalue weighted by Gasteiger charge is -2.12. The van der Waals surface area contributed by atoms with Crippen molar-refractivity contribution in [2.45, 2.75) is 9.79 Å². The number of nitrogens with two attached hydrogens (primary N) is 3. The topological polar surface area (TPSA) is 163 Å². The van der Waals surface area contributed by atoms with Gasteiger partial charge in [-0.05, 0) is 36.4 Å². The third-order valence-corrected chi connectivity index (χ3v) is 5.11. The van der Waals surface area contributed by atoms with Crippen molar-refractivity contribution < 1.29 is 8.42 Å². The van der Waals surface area contributed by atoms with Crippen molar-refractivity contribution in [1.29, 1.82) is 0 Å². The molecule has 0 spiro atoms. The van der Waals surface area contributed by atoms with Crippen LogP contribution in [0.15, 0.2) is 58.3 Å². The van der Waals surface area contributed by atoms with Crippen molar-refractivity contribution in [3.8, 4) is 0 Å². The summed E-state index contributed by atoms with van der Waals surface area (Å²) in [6.07, 6.45) is 0. The van der Waals surface area contributed by atoms with Gasteiger partial charge in [-0.3, -0.25) is 0 Å². The molecule has 3 aromatic rings. The fourth-order valence-corrected chi connectivity index (χ4v) is 3.58. The summed E-state index contributed by atoms with van der Waals surface area (Å²) >= 11 is 0. The first-order valence-electron chi connectivity index (χ1n) is 7.10. The predicted molar refractivity (Wildman–Crippen MR) is 94.7 cm³/mol. The Balaban J connectivity index is 2.05. The minimum atomic E-state index is -3.78. The Morgan fingerprint density at radius 2 is 1.40 bits per heavy atom. The zero-order chi connectivity index (χ0) is 18.0. The van der Waals surface area contributed by atoms with Crippen LogP contribution < -0.4 is 22.5 Å². The number of nitrogens with zero attached hydrogens (tertiary/aromatic N) is 3. The highest BCUT2D eigenvalue weighted by molar-refractivity contribution is 7.91. The molecule has 1 aromatic heterocycles. The largest absolute Gasteiger partial charge is 0.399 e. The highest BCUT2D eigenvalue weighted by Crippen LogP contribution is 2.29. The lowest BCUT2D eigenvalue weighted by molar-refractivity contribution is 0.596. The first-order chi connectivity index (χ1) is 11.9. The van der Waals surface area contributed by atoms with E-state index in [0.29, 0.717) is 5.69 Å². The van der Waals surface area contributed by atoms with Crippen molar-refractivity contribution in [3.63, 3.8) is 0 Å². The summed E-state index contributed by atoms with van der Waals surface area (Å²) in [7, 11) is -3.78. The minimum Gasteiger partial charge on any atom is -0.399 e. The molecule has 1 heterocycles. The normalized spacial score (nSPS) is 11.2. The molecule has 128 valence electrons. The summed E-state index contributed by atoms with van der Waals surface area (Å²) in [5.41, 5.74) is 17.4. The van der Waals surface area contributed by atoms with Crippen LogP contribution in [0.1, 0.15) is 0 Å². The lowest BCUT2D eigenvalue weighted by Crippen LogP contribution is -2.09. The fourth-order valence-electron chi connectivity index (χ4n) is 2.16. The van der Waals surface area contributed by atoms with E-state index in [0.717, 1.165) is 0 Å². The van der Waals surface area contributed by atoms with Crippen LogP contribution in [0.3, 0.4) is 0 Å². The molecule has 0 aliphatic rings. The number of para-hydroxylation sites is 1. The average molecular weight is 357 g/mol. The van der Waals surface area contributed by atoms with Crippen molar-refractivity contribution in [1.82, 2.24) is 15.0 Å². The third-order valence-electron chi connectivity index (χ3n) is 3.28. The van der Waals surface area contributed by atoms with Crippen LogP contribution in [0.25, 0.3) is 0 Å². The van der Waals surface area contributed by atoms with Gasteiger partial charge in [0.2, 0.25) is 27.7 Å². The predicted octanol–water partition coefficient (Wildman–Crippen LogP) is 1.19. The first kappa shape index (κ1) is 16.5. The Hall–Kier alpha value is -3.40. The molecular weight excluding hydrogens is 342 g/mol. The molecule has 0 fully saturated rings. The van der Waals surface area contributed by atoms with E-state index >= 15 is 0 Å². The Morgan fingerprint density at radius 1 is 0.800 bits per heavy atom. The summed E-state index contributed by atoms with van der Waals surface area (Å²) in [6, 6.07) is 12.3. The molecule has 3 rings (SSSR count). The van der Waals surface area contributed by atoms with Gasteiger partial charge in [0.25, 0.3) is 0 Å². The van der Waals surface area contributed by atoms with E-state index in [1.807, 2.05) is 0 Å². The van der Waals surface area contributed by atoms with Gasteiger partial charge in [-0.15, -0.1) is 0 Å². The van der Waals surface area contributed by atoms with Gasteiger partial charge in [-0.2, -0.15) is 15.0 Å². The number of nitrogen functional groups attached to an aromatic ring is 3. The van der Waals surface area contributed by atoms with Crippen molar-refractivity contribution in [2.24, 2.45) is 0 Å². The second-order valence-electron chi connectivity index (χ2n) is 5.07. The number of rotatable bonds is 4. The molecule has 0 amide bonds. The first-order valence-corrected chi connectivity index (χ1v) is 8.58.